The zero-order chi connectivity index (χ0) is 24.6. The summed E-state index contributed by atoms with van der Waals surface area (Å²) in [5, 5.41) is 22.1. The van der Waals surface area contributed by atoms with Gasteiger partial charge in [-0.15, -0.1) is 33.9 Å². The molecule has 0 spiro atoms. The third-order valence-electron chi connectivity index (χ3n) is 5.82. The zero-order valence-electron chi connectivity index (χ0n) is 19.4. The van der Waals surface area contributed by atoms with Gasteiger partial charge in [0.2, 0.25) is 5.91 Å². The Bertz CT molecular complexity index is 1290. The monoisotopic (exact) mass is 536 g/mol. The minimum atomic E-state index is -1.13. The molecule has 0 saturated heterocycles. The summed E-state index contributed by atoms with van der Waals surface area (Å²) in [6.07, 6.45) is 0.0482. The molecule has 1 aliphatic heterocycles. The van der Waals surface area contributed by atoms with E-state index in [1.54, 1.807) is 23.5 Å². The van der Waals surface area contributed by atoms with E-state index in [4.69, 9.17) is 22.3 Å². The Labute approximate surface area is 217 Å². The van der Waals surface area contributed by atoms with E-state index in [-0.39, 0.29) is 31.8 Å². The van der Waals surface area contributed by atoms with Gasteiger partial charge in [0.05, 0.1) is 12.1 Å². The Kier molecular flexibility index (Phi) is 8.32. The fourth-order valence-corrected chi connectivity index (χ4v) is 5.33. The van der Waals surface area contributed by atoms with Crippen LogP contribution in [-0.2, 0) is 9.59 Å². The first-order valence-corrected chi connectivity index (χ1v) is 12.0. The number of thiophene rings is 1. The van der Waals surface area contributed by atoms with Crippen LogP contribution in [0, 0.1) is 20.8 Å². The van der Waals surface area contributed by atoms with Crippen LogP contribution in [0.1, 0.15) is 52.1 Å². The number of nitrogens with one attached hydrogen (secondary N) is 1. The number of nitrogens with zero attached hydrogens (tertiary/aromatic N) is 4. The highest BCUT2D eigenvalue weighted by molar-refractivity contribution is 7.15. The van der Waals surface area contributed by atoms with Crippen molar-refractivity contribution in [3.05, 3.63) is 62.5 Å². The third-order valence-corrected chi connectivity index (χ3v) is 7.27. The molecule has 35 heavy (non-hydrogen) atoms. The number of carbonyl (C=O) groups is 2. The van der Waals surface area contributed by atoms with Crippen LogP contribution in [0.25, 0.3) is 5.00 Å². The number of benzene rings is 1. The topological polar surface area (TPSA) is 135 Å². The van der Waals surface area contributed by atoms with Crippen LogP contribution >= 0.6 is 35.3 Å². The van der Waals surface area contributed by atoms with Gasteiger partial charge in [-0.3, -0.25) is 14.4 Å². The molecule has 3 aromatic rings. The number of fused-ring (bicyclic) bond motifs is 3. The number of aryl methyl sites for hydroxylation is 2. The fourth-order valence-electron chi connectivity index (χ4n) is 3.99. The van der Waals surface area contributed by atoms with Gasteiger partial charge in [0.25, 0.3) is 0 Å². The first kappa shape index (κ1) is 26.8. The van der Waals surface area contributed by atoms with Gasteiger partial charge in [-0.2, -0.15) is 0 Å². The van der Waals surface area contributed by atoms with E-state index in [0.717, 1.165) is 32.3 Å². The van der Waals surface area contributed by atoms with Gasteiger partial charge >= 0.3 is 5.97 Å². The van der Waals surface area contributed by atoms with Crippen molar-refractivity contribution in [2.24, 2.45) is 10.7 Å². The Morgan fingerprint density at radius 3 is 2.54 bits per heavy atom. The van der Waals surface area contributed by atoms with Gasteiger partial charge in [-0.1, -0.05) is 23.7 Å². The zero-order valence-corrected chi connectivity index (χ0v) is 21.8. The summed E-state index contributed by atoms with van der Waals surface area (Å²) >= 11 is 7.74. The molecule has 1 amide bonds. The number of aliphatic imine (C=N–C) groups is 1. The first-order chi connectivity index (χ1) is 16.2. The molecule has 12 heteroatoms. The molecule has 0 aliphatic carbocycles. The number of hydrogen-bond donors (Lipinski definition) is 3. The summed E-state index contributed by atoms with van der Waals surface area (Å²) in [5.74, 6) is -0.362. The summed E-state index contributed by atoms with van der Waals surface area (Å²) in [6.45, 7) is 6.11. The molecule has 2 aromatic heterocycles. The predicted molar refractivity (Wildman–Crippen MR) is 138 cm³/mol. The SMILES string of the molecule is Cc1sc2c(c1C)C(c1ccc(Cl)cc1)=N[C@@H](CC(=O)NC(CCN)C(=O)O)c1nnc(C)n1-2.Cl. The van der Waals surface area contributed by atoms with Crippen molar-refractivity contribution in [2.75, 3.05) is 6.54 Å². The predicted octanol–water partition coefficient (Wildman–Crippen LogP) is 3.53. The summed E-state index contributed by atoms with van der Waals surface area (Å²) in [5.41, 5.74) is 9.15. The van der Waals surface area contributed by atoms with Gasteiger partial charge in [-0.05, 0) is 51.4 Å². The van der Waals surface area contributed by atoms with Crippen molar-refractivity contribution < 1.29 is 14.7 Å². The van der Waals surface area contributed by atoms with E-state index >= 15 is 0 Å². The maximum absolute atomic E-state index is 12.9. The highest BCUT2D eigenvalue weighted by Crippen LogP contribution is 2.39. The maximum atomic E-state index is 12.9. The molecule has 3 heterocycles. The summed E-state index contributed by atoms with van der Waals surface area (Å²) < 4.78 is 1.94. The van der Waals surface area contributed by atoms with Crippen LogP contribution < -0.4 is 11.1 Å². The largest absolute Gasteiger partial charge is 0.480 e. The van der Waals surface area contributed by atoms with Crippen molar-refractivity contribution in [2.45, 2.75) is 45.7 Å². The molecule has 186 valence electrons. The second kappa shape index (κ2) is 10.9. The molecule has 1 unspecified atom stereocenters. The number of aromatic nitrogens is 3. The molecule has 0 fully saturated rings. The maximum Gasteiger partial charge on any atom is 0.326 e. The van der Waals surface area contributed by atoms with Gasteiger partial charge in [-0.25, -0.2) is 4.79 Å². The van der Waals surface area contributed by atoms with Crippen molar-refractivity contribution in [1.82, 2.24) is 20.1 Å². The molecule has 4 N–H and O–H groups in total. The van der Waals surface area contributed by atoms with E-state index in [0.29, 0.717) is 16.7 Å². The average Bonchev–Trinajstić information content (AvgIpc) is 3.26. The van der Waals surface area contributed by atoms with E-state index in [1.165, 1.54) is 0 Å². The van der Waals surface area contributed by atoms with Gasteiger partial charge in [0.1, 0.15) is 22.9 Å². The lowest BCUT2D eigenvalue weighted by Crippen LogP contribution is -2.42. The summed E-state index contributed by atoms with van der Waals surface area (Å²) in [7, 11) is 0. The number of carboxylic acids is 1. The smallest absolute Gasteiger partial charge is 0.326 e. The molecule has 4 rings (SSSR count). The van der Waals surface area contributed by atoms with Crippen LogP contribution in [0.4, 0.5) is 0 Å². The number of amides is 1. The van der Waals surface area contributed by atoms with Crippen molar-refractivity contribution in [3.63, 3.8) is 0 Å². The molecule has 2 atom stereocenters. The van der Waals surface area contributed by atoms with Crippen LogP contribution in [-0.4, -0.2) is 50.0 Å². The second-order valence-corrected chi connectivity index (χ2v) is 9.78. The van der Waals surface area contributed by atoms with Crippen LogP contribution in [0.2, 0.25) is 5.02 Å². The first-order valence-electron chi connectivity index (χ1n) is 10.8. The summed E-state index contributed by atoms with van der Waals surface area (Å²) in [6, 6.07) is 5.67. The highest BCUT2D eigenvalue weighted by atomic mass is 35.5. The van der Waals surface area contributed by atoms with Crippen molar-refractivity contribution >= 4 is 52.9 Å². The number of aliphatic carboxylic acids is 1. The van der Waals surface area contributed by atoms with E-state index in [9.17, 15) is 14.7 Å². The Morgan fingerprint density at radius 2 is 1.91 bits per heavy atom. The second-order valence-electron chi connectivity index (χ2n) is 8.14. The number of nitrogens with two attached hydrogens (primary N) is 1. The minimum Gasteiger partial charge on any atom is -0.480 e. The molecule has 9 nitrogen and oxygen atoms in total. The Hall–Kier alpha value is -2.79. The normalized spacial score (nSPS) is 15.2. The molecular weight excluding hydrogens is 511 g/mol. The molecule has 0 bridgehead atoms. The number of carbonyl (C=O) groups excluding carboxylic acids is 1. The van der Waals surface area contributed by atoms with Crippen LogP contribution in [0.3, 0.4) is 0 Å². The van der Waals surface area contributed by atoms with Gasteiger partial charge < -0.3 is 16.2 Å². The van der Waals surface area contributed by atoms with E-state index in [1.807, 2.05) is 30.5 Å². The average molecular weight is 537 g/mol. The lowest BCUT2D eigenvalue weighted by molar-refractivity contribution is -0.142. The molecular formula is C23H26Cl2N6O3S. The summed E-state index contributed by atoms with van der Waals surface area (Å²) in [4.78, 5) is 30.5. The quantitative estimate of drug-likeness (QED) is 0.422. The van der Waals surface area contributed by atoms with Crippen LogP contribution in [0.15, 0.2) is 29.3 Å². The van der Waals surface area contributed by atoms with Gasteiger partial charge in [0, 0.05) is 21.0 Å². The number of rotatable bonds is 7. The number of carboxylic acid groups (broad SMARTS) is 1. The van der Waals surface area contributed by atoms with E-state index < -0.39 is 24.0 Å². The highest BCUT2D eigenvalue weighted by Gasteiger charge is 2.33. The van der Waals surface area contributed by atoms with Gasteiger partial charge in [0.15, 0.2) is 5.82 Å². The lowest BCUT2D eigenvalue weighted by Gasteiger charge is -2.16. The third kappa shape index (κ3) is 5.25. The number of halogens is 2. The van der Waals surface area contributed by atoms with Crippen molar-refractivity contribution in [3.8, 4) is 5.00 Å². The standard InChI is InChI=1S/C23H25ClN6O3S.ClH/c1-11-12(2)34-22-19(11)20(14-4-6-15(24)7-5-14)27-17(21-29-28-13(3)30(21)22)10-18(31)26-16(8-9-25)23(32)33;/h4-7,16-17H,8-10,25H2,1-3H3,(H,26,31)(H,32,33);1H/t16?,17-;/m0./s1. The molecule has 1 aromatic carbocycles. The lowest BCUT2D eigenvalue weighted by atomic mass is 9.99. The minimum absolute atomic E-state index is 0. The van der Waals surface area contributed by atoms with E-state index in [2.05, 4.69) is 22.4 Å². The van der Waals surface area contributed by atoms with Crippen LogP contribution in [0.5, 0.6) is 0 Å². The molecule has 0 saturated carbocycles. The molecule has 1 aliphatic rings. The molecule has 0 radical (unpaired) electrons. The fraction of sp³-hybridized carbons (Fsp3) is 0.348. The van der Waals surface area contributed by atoms with Crippen molar-refractivity contribution in [1.29, 1.82) is 0 Å². The Balaban J connectivity index is 0.00000342. The number of hydrogen-bond acceptors (Lipinski definition) is 7. The Morgan fingerprint density at radius 1 is 1.23 bits per heavy atom.